The van der Waals surface area contributed by atoms with E-state index in [0.717, 1.165) is 69.7 Å². The first-order valence-corrected chi connectivity index (χ1v) is 9.67. The summed E-state index contributed by atoms with van der Waals surface area (Å²) >= 11 is 0. The van der Waals surface area contributed by atoms with Crippen molar-refractivity contribution >= 4 is 5.96 Å². The maximum absolute atomic E-state index is 5.37. The lowest BCUT2D eigenvalue weighted by Crippen LogP contribution is -2.44. The molecule has 0 bridgehead atoms. The van der Waals surface area contributed by atoms with Gasteiger partial charge in [-0.2, -0.15) is 0 Å². The summed E-state index contributed by atoms with van der Waals surface area (Å²) in [5.41, 5.74) is 1.20. The van der Waals surface area contributed by atoms with E-state index in [2.05, 4.69) is 32.7 Å². The molecule has 1 fully saturated rings. The van der Waals surface area contributed by atoms with Gasteiger partial charge >= 0.3 is 0 Å². The first kappa shape index (κ1) is 21.3. The Balaban J connectivity index is 1.79. The predicted octanol–water partition coefficient (Wildman–Crippen LogP) is 1.87. The molecule has 0 aromatic heterocycles. The van der Waals surface area contributed by atoms with Crippen LogP contribution in [0, 0.1) is 0 Å². The highest BCUT2D eigenvalue weighted by atomic mass is 16.5. The molecule has 1 heterocycles. The zero-order valence-corrected chi connectivity index (χ0v) is 17.1. The summed E-state index contributed by atoms with van der Waals surface area (Å²) in [5, 5.41) is 6.88. The molecule has 2 rings (SSSR count). The van der Waals surface area contributed by atoms with Gasteiger partial charge in [0, 0.05) is 58.5 Å². The van der Waals surface area contributed by atoms with Crippen LogP contribution in [0.2, 0.25) is 0 Å². The average Bonchev–Trinajstić information content (AvgIpc) is 3.13. The Bertz CT molecular complexity index is 572. The third kappa shape index (κ3) is 7.27. The van der Waals surface area contributed by atoms with Crippen molar-refractivity contribution in [3.63, 3.8) is 0 Å². The molecule has 27 heavy (non-hydrogen) atoms. The second-order valence-electron chi connectivity index (χ2n) is 6.64. The molecule has 2 N–H and O–H groups in total. The Morgan fingerprint density at radius 2 is 1.96 bits per heavy atom. The fourth-order valence-electron chi connectivity index (χ4n) is 3.22. The minimum atomic E-state index is 0.399. The monoisotopic (exact) mass is 378 g/mol. The number of ether oxygens (including phenoxy) is 3. The number of hydrogen-bond acceptors (Lipinski definition) is 5. The molecule has 1 aliphatic rings. The molecule has 1 saturated heterocycles. The van der Waals surface area contributed by atoms with Crippen molar-refractivity contribution in [3.8, 4) is 11.5 Å². The maximum Gasteiger partial charge on any atom is 0.191 e. The second kappa shape index (κ2) is 11.7. The van der Waals surface area contributed by atoms with Gasteiger partial charge in [-0.25, -0.2) is 0 Å². The minimum Gasteiger partial charge on any atom is -0.497 e. The van der Waals surface area contributed by atoms with E-state index in [1.54, 1.807) is 14.2 Å². The van der Waals surface area contributed by atoms with Gasteiger partial charge in [0.1, 0.15) is 11.5 Å². The molecule has 7 nitrogen and oxygen atoms in total. The van der Waals surface area contributed by atoms with Crippen LogP contribution in [0.25, 0.3) is 0 Å². The van der Waals surface area contributed by atoms with Gasteiger partial charge in [-0.15, -0.1) is 0 Å². The second-order valence-corrected chi connectivity index (χ2v) is 6.64. The van der Waals surface area contributed by atoms with Crippen molar-refractivity contribution in [1.82, 2.24) is 15.5 Å². The Morgan fingerprint density at radius 1 is 1.22 bits per heavy atom. The Hall–Kier alpha value is -1.99. The van der Waals surface area contributed by atoms with E-state index in [4.69, 9.17) is 14.2 Å². The lowest BCUT2D eigenvalue weighted by Gasteiger charge is -2.19. The first-order valence-electron chi connectivity index (χ1n) is 9.67. The van der Waals surface area contributed by atoms with E-state index in [1.165, 1.54) is 5.56 Å². The molecule has 1 aliphatic heterocycles. The van der Waals surface area contributed by atoms with Crippen LogP contribution in [0.15, 0.2) is 23.2 Å². The van der Waals surface area contributed by atoms with Crippen molar-refractivity contribution in [1.29, 1.82) is 0 Å². The minimum absolute atomic E-state index is 0.399. The molecule has 1 unspecified atom stereocenters. The summed E-state index contributed by atoms with van der Waals surface area (Å²) in [7, 11) is 5.18. The SMILES string of the molecule is CCOCCCNC(=NC)NC1CCN(Cc2cc(OC)cc(OC)c2)C1. The third-order valence-corrected chi connectivity index (χ3v) is 4.62. The van der Waals surface area contributed by atoms with E-state index in [0.29, 0.717) is 6.04 Å². The first-order chi connectivity index (χ1) is 13.2. The molecule has 0 radical (unpaired) electrons. The summed E-state index contributed by atoms with van der Waals surface area (Å²) in [6.45, 7) is 7.34. The van der Waals surface area contributed by atoms with Crippen molar-refractivity contribution in [2.45, 2.75) is 32.4 Å². The van der Waals surface area contributed by atoms with Crippen LogP contribution in [-0.2, 0) is 11.3 Å². The molecule has 152 valence electrons. The summed E-state index contributed by atoms with van der Waals surface area (Å²) in [4.78, 5) is 6.76. The van der Waals surface area contributed by atoms with E-state index in [-0.39, 0.29) is 0 Å². The molecule has 1 atom stereocenters. The summed E-state index contributed by atoms with van der Waals surface area (Å²) in [5.74, 6) is 2.52. The number of likely N-dealkylation sites (tertiary alicyclic amines) is 1. The lowest BCUT2D eigenvalue weighted by molar-refractivity contribution is 0.145. The molecule has 7 heteroatoms. The topological polar surface area (TPSA) is 67.4 Å². The molecule has 0 aliphatic carbocycles. The Labute approximate surface area is 163 Å². The van der Waals surface area contributed by atoms with Gasteiger partial charge in [-0.1, -0.05) is 0 Å². The number of rotatable bonds is 10. The van der Waals surface area contributed by atoms with Crippen LogP contribution < -0.4 is 20.1 Å². The van der Waals surface area contributed by atoms with E-state index in [9.17, 15) is 0 Å². The molecular weight excluding hydrogens is 344 g/mol. The van der Waals surface area contributed by atoms with Gasteiger partial charge in [0.15, 0.2) is 5.96 Å². The normalized spacial score (nSPS) is 17.8. The van der Waals surface area contributed by atoms with Crippen molar-refractivity contribution < 1.29 is 14.2 Å². The van der Waals surface area contributed by atoms with Gasteiger partial charge in [0.05, 0.1) is 14.2 Å². The van der Waals surface area contributed by atoms with Crippen LogP contribution in [-0.4, -0.2) is 71.0 Å². The molecular formula is C20H34N4O3. The Morgan fingerprint density at radius 3 is 2.59 bits per heavy atom. The van der Waals surface area contributed by atoms with E-state index < -0.39 is 0 Å². The lowest BCUT2D eigenvalue weighted by atomic mass is 10.2. The van der Waals surface area contributed by atoms with Crippen LogP contribution in [0.5, 0.6) is 11.5 Å². The number of benzene rings is 1. The summed E-state index contributed by atoms with van der Waals surface area (Å²) in [6.07, 6.45) is 2.07. The quantitative estimate of drug-likeness (QED) is 0.368. The molecule has 1 aromatic rings. The largest absolute Gasteiger partial charge is 0.497 e. The van der Waals surface area contributed by atoms with Gasteiger partial charge in [-0.3, -0.25) is 9.89 Å². The van der Waals surface area contributed by atoms with Crippen molar-refractivity contribution in [2.24, 2.45) is 4.99 Å². The van der Waals surface area contributed by atoms with Crippen molar-refractivity contribution in [3.05, 3.63) is 23.8 Å². The van der Waals surface area contributed by atoms with E-state index in [1.807, 2.05) is 20.0 Å². The number of guanidine groups is 1. The van der Waals surface area contributed by atoms with Gasteiger partial charge in [0.25, 0.3) is 0 Å². The van der Waals surface area contributed by atoms with Gasteiger partial charge in [-0.05, 0) is 37.5 Å². The standard InChI is InChI=1S/C20H34N4O3/c1-5-27-10-6-8-22-20(21-2)23-17-7-9-24(15-17)14-16-11-18(25-3)13-19(12-16)26-4/h11-13,17H,5-10,14-15H2,1-4H3,(H2,21,22,23). The molecule has 1 aromatic carbocycles. The van der Waals surface area contributed by atoms with Crippen LogP contribution in [0.1, 0.15) is 25.3 Å². The molecule has 0 amide bonds. The smallest absolute Gasteiger partial charge is 0.191 e. The van der Waals surface area contributed by atoms with Crippen molar-refractivity contribution in [2.75, 3.05) is 54.1 Å². The number of nitrogens with zero attached hydrogens (tertiary/aromatic N) is 2. The van der Waals surface area contributed by atoms with Crippen LogP contribution in [0.3, 0.4) is 0 Å². The zero-order valence-electron chi connectivity index (χ0n) is 17.1. The Kier molecular flexibility index (Phi) is 9.21. The fourth-order valence-corrected chi connectivity index (χ4v) is 3.22. The van der Waals surface area contributed by atoms with Gasteiger partial charge < -0.3 is 24.8 Å². The summed E-state index contributed by atoms with van der Waals surface area (Å²) < 4.78 is 16.1. The molecule has 0 spiro atoms. The highest BCUT2D eigenvalue weighted by Gasteiger charge is 2.23. The summed E-state index contributed by atoms with van der Waals surface area (Å²) in [6, 6.07) is 6.44. The van der Waals surface area contributed by atoms with Gasteiger partial charge in [0.2, 0.25) is 0 Å². The third-order valence-electron chi connectivity index (χ3n) is 4.62. The predicted molar refractivity (Wildman–Crippen MR) is 109 cm³/mol. The highest BCUT2D eigenvalue weighted by molar-refractivity contribution is 5.79. The number of nitrogens with one attached hydrogen (secondary N) is 2. The van der Waals surface area contributed by atoms with Crippen LogP contribution in [0.4, 0.5) is 0 Å². The number of aliphatic imine (C=N–C) groups is 1. The zero-order chi connectivity index (χ0) is 19.5. The maximum atomic E-state index is 5.37. The fraction of sp³-hybridized carbons (Fsp3) is 0.650. The number of hydrogen-bond donors (Lipinski definition) is 2. The highest BCUT2D eigenvalue weighted by Crippen LogP contribution is 2.24. The van der Waals surface area contributed by atoms with Crippen LogP contribution >= 0.6 is 0 Å². The number of methoxy groups -OCH3 is 2. The molecule has 0 saturated carbocycles. The average molecular weight is 379 g/mol. The van der Waals surface area contributed by atoms with E-state index >= 15 is 0 Å².